The number of rotatable bonds is 2. The minimum Gasteiger partial charge on any atom is -0.393 e. The monoisotopic (exact) mass is 236 g/mol. The van der Waals surface area contributed by atoms with Crippen molar-refractivity contribution in [3.63, 3.8) is 0 Å². The zero-order valence-corrected chi connectivity index (χ0v) is 11.0. The Labute approximate surface area is 104 Å². The molecule has 2 nitrogen and oxygen atoms in total. The topological polar surface area (TPSA) is 37.3 Å². The van der Waals surface area contributed by atoms with E-state index in [0.717, 1.165) is 25.5 Å². The summed E-state index contributed by atoms with van der Waals surface area (Å²) in [6.45, 7) is 8.38. The highest BCUT2D eigenvalue weighted by Gasteiger charge is 2.51. The number of carbonyl (C=O) groups excluding carboxylic acids is 1. The number of aliphatic hydroxyl groups excluding tert-OH is 1. The Balaban J connectivity index is 2.22. The van der Waals surface area contributed by atoms with Gasteiger partial charge in [-0.1, -0.05) is 19.1 Å². The second kappa shape index (κ2) is 4.56. The summed E-state index contributed by atoms with van der Waals surface area (Å²) in [6.07, 6.45) is 5.72. The lowest BCUT2D eigenvalue weighted by atomic mass is 9.59. The van der Waals surface area contributed by atoms with Gasteiger partial charge in [0.2, 0.25) is 0 Å². The molecule has 1 unspecified atom stereocenters. The standard InChI is InChI=1S/C15H24O2/c1-10(2)12-4-5-15(8-12)11(3)6-14(17)7-13(15)9-16/h9,11-14,17H,1,4-8H2,2-3H3/t11-,12+,13?,14+,15+/m1/s1. The Morgan fingerprint density at radius 2 is 2.18 bits per heavy atom. The van der Waals surface area contributed by atoms with Gasteiger partial charge in [0.05, 0.1) is 6.10 Å². The second-order valence-electron chi connectivity index (χ2n) is 6.29. The quantitative estimate of drug-likeness (QED) is 0.591. The van der Waals surface area contributed by atoms with Gasteiger partial charge in [0.1, 0.15) is 6.29 Å². The summed E-state index contributed by atoms with van der Waals surface area (Å²) in [5.74, 6) is 1.08. The molecule has 2 rings (SSSR count). The van der Waals surface area contributed by atoms with Crippen LogP contribution in [0.25, 0.3) is 0 Å². The first-order valence-electron chi connectivity index (χ1n) is 6.78. The number of aldehydes is 1. The van der Waals surface area contributed by atoms with Gasteiger partial charge in [0, 0.05) is 5.92 Å². The predicted molar refractivity (Wildman–Crippen MR) is 68.5 cm³/mol. The Bertz CT molecular complexity index is 323. The molecule has 0 aromatic carbocycles. The summed E-state index contributed by atoms with van der Waals surface area (Å²) in [4.78, 5) is 11.4. The maximum atomic E-state index is 11.4. The van der Waals surface area contributed by atoms with Crippen LogP contribution in [0.15, 0.2) is 12.2 Å². The molecule has 17 heavy (non-hydrogen) atoms. The van der Waals surface area contributed by atoms with Gasteiger partial charge in [-0.3, -0.25) is 0 Å². The maximum Gasteiger partial charge on any atom is 0.123 e. The zero-order valence-electron chi connectivity index (χ0n) is 11.0. The van der Waals surface area contributed by atoms with Gasteiger partial charge in [-0.2, -0.15) is 0 Å². The normalized spacial score (nSPS) is 46.1. The van der Waals surface area contributed by atoms with E-state index in [1.54, 1.807) is 0 Å². The van der Waals surface area contributed by atoms with Crippen LogP contribution in [0.5, 0.6) is 0 Å². The second-order valence-corrected chi connectivity index (χ2v) is 6.29. The van der Waals surface area contributed by atoms with E-state index in [1.807, 2.05) is 0 Å². The number of hydrogen-bond donors (Lipinski definition) is 1. The van der Waals surface area contributed by atoms with Crippen LogP contribution in [-0.2, 0) is 4.79 Å². The number of aliphatic hydroxyl groups is 1. The molecule has 0 aromatic heterocycles. The van der Waals surface area contributed by atoms with Crippen molar-refractivity contribution >= 4 is 6.29 Å². The molecule has 2 aliphatic rings. The number of hydrogen-bond acceptors (Lipinski definition) is 2. The lowest BCUT2D eigenvalue weighted by Crippen LogP contribution is -2.43. The van der Waals surface area contributed by atoms with Crippen molar-refractivity contribution < 1.29 is 9.90 Å². The third-order valence-electron chi connectivity index (χ3n) is 5.32. The van der Waals surface area contributed by atoms with Crippen molar-refractivity contribution in [2.45, 2.75) is 52.1 Å². The van der Waals surface area contributed by atoms with Crippen molar-refractivity contribution in [2.75, 3.05) is 0 Å². The average molecular weight is 236 g/mol. The van der Waals surface area contributed by atoms with Crippen molar-refractivity contribution in [2.24, 2.45) is 23.2 Å². The molecule has 0 aromatic rings. The summed E-state index contributed by atoms with van der Waals surface area (Å²) < 4.78 is 0. The van der Waals surface area contributed by atoms with Crippen molar-refractivity contribution in [3.8, 4) is 0 Å². The third-order valence-corrected chi connectivity index (χ3v) is 5.32. The minimum absolute atomic E-state index is 0.0469. The molecule has 0 aliphatic heterocycles. The van der Waals surface area contributed by atoms with Crippen LogP contribution in [0.2, 0.25) is 0 Å². The van der Waals surface area contributed by atoms with Gasteiger partial charge >= 0.3 is 0 Å². The van der Waals surface area contributed by atoms with E-state index in [2.05, 4.69) is 20.4 Å². The lowest BCUT2D eigenvalue weighted by molar-refractivity contribution is -0.123. The van der Waals surface area contributed by atoms with Crippen molar-refractivity contribution in [1.29, 1.82) is 0 Å². The highest BCUT2D eigenvalue weighted by Crippen LogP contribution is 2.57. The zero-order chi connectivity index (χ0) is 12.6. The fourth-order valence-corrected chi connectivity index (χ4v) is 4.13. The Kier molecular flexibility index (Phi) is 3.44. The fourth-order valence-electron chi connectivity index (χ4n) is 4.13. The molecule has 1 spiro atoms. The van der Waals surface area contributed by atoms with Gasteiger partial charge in [-0.15, -0.1) is 0 Å². The van der Waals surface area contributed by atoms with E-state index in [0.29, 0.717) is 18.3 Å². The van der Waals surface area contributed by atoms with Crippen molar-refractivity contribution in [1.82, 2.24) is 0 Å². The Morgan fingerprint density at radius 3 is 2.71 bits per heavy atom. The first kappa shape index (κ1) is 12.8. The average Bonchev–Trinajstić information content (AvgIpc) is 2.70. The highest BCUT2D eigenvalue weighted by molar-refractivity contribution is 5.56. The summed E-state index contributed by atoms with van der Waals surface area (Å²) >= 11 is 0. The van der Waals surface area contributed by atoms with E-state index in [4.69, 9.17) is 0 Å². The molecule has 0 saturated heterocycles. The molecule has 5 atom stereocenters. The minimum atomic E-state index is -0.283. The molecule has 0 radical (unpaired) electrons. The first-order valence-corrected chi connectivity index (χ1v) is 6.78. The molecular weight excluding hydrogens is 212 g/mol. The summed E-state index contributed by atoms with van der Waals surface area (Å²) in [6, 6.07) is 0. The summed E-state index contributed by atoms with van der Waals surface area (Å²) in [5.41, 5.74) is 1.40. The summed E-state index contributed by atoms with van der Waals surface area (Å²) in [7, 11) is 0. The molecule has 2 saturated carbocycles. The van der Waals surface area contributed by atoms with E-state index in [9.17, 15) is 9.90 Å². The predicted octanol–water partition coefficient (Wildman–Crippen LogP) is 2.95. The Morgan fingerprint density at radius 1 is 1.47 bits per heavy atom. The van der Waals surface area contributed by atoms with Crippen LogP contribution >= 0.6 is 0 Å². The van der Waals surface area contributed by atoms with Crippen LogP contribution in [0, 0.1) is 23.2 Å². The molecule has 2 fully saturated rings. The maximum absolute atomic E-state index is 11.4. The molecule has 2 heteroatoms. The van der Waals surface area contributed by atoms with Gasteiger partial charge in [0.15, 0.2) is 0 Å². The Hall–Kier alpha value is -0.630. The van der Waals surface area contributed by atoms with E-state index in [1.165, 1.54) is 12.0 Å². The van der Waals surface area contributed by atoms with E-state index < -0.39 is 0 Å². The molecular formula is C15H24O2. The summed E-state index contributed by atoms with van der Waals surface area (Å²) in [5, 5.41) is 9.82. The van der Waals surface area contributed by atoms with Crippen LogP contribution in [0.1, 0.15) is 46.0 Å². The third kappa shape index (κ3) is 2.08. The van der Waals surface area contributed by atoms with Crippen LogP contribution in [0.4, 0.5) is 0 Å². The van der Waals surface area contributed by atoms with Crippen LogP contribution in [0.3, 0.4) is 0 Å². The number of carbonyl (C=O) groups is 1. The molecule has 96 valence electrons. The lowest BCUT2D eigenvalue weighted by Gasteiger charge is -2.46. The first-order chi connectivity index (χ1) is 7.99. The van der Waals surface area contributed by atoms with Gasteiger partial charge < -0.3 is 9.90 Å². The van der Waals surface area contributed by atoms with E-state index in [-0.39, 0.29) is 17.4 Å². The number of allylic oxidation sites excluding steroid dienone is 1. The molecule has 0 heterocycles. The molecule has 0 amide bonds. The molecule has 2 aliphatic carbocycles. The van der Waals surface area contributed by atoms with E-state index >= 15 is 0 Å². The highest BCUT2D eigenvalue weighted by atomic mass is 16.3. The van der Waals surface area contributed by atoms with Crippen LogP contribution < -0.4 is 0 Å². The fraction of sp³-hybridized carbons (Fsp3) is 0.800. The van der Waals surface area contributed by atoms with Gasteiger partial charge in [-0.25, -0.2) is 0 Å². The molecule has 0 bridgehead atoms. The SMILES string of the molecule is C=C(C)[C@H]1CC[C@@]2(C1)C(C=O)C[C@@H](O)C[C@H]2C. The van der Waals surface area contributed by atoms with Crippen LogP contribution in [-0.4, -0.2) is 17.5 Å². The molecule has 1 N–H and O–H groups in total. The van der Waals surface area contributed by atoms with Gasteiger partial charge in [-0.05, 0) is 56.3 Å². The smallest absolute Gasteiger partial charge is 0.123 e. The van der Waals surface area contributed by atoms with Crippen molar-refractivity contribution in [3.05, 3.63) is 12.2 Å². The largest absolute Gasteiger partial charge is 0.393 e. The van der Waals surface area contributed by atoms with Gasteiger partial charge in [0.25, 0.3) is 0 Å².